The Kier molecular flexibility index (Phi) is 3.07. The number of rotatable bonds is 2. The van der Waals surface area contributed by atoms with E-state index in [9.17, 15) is 0 Å². The summed E-state index contributed by atoms with van der Waals surface area (Å²) in [6, 6.07) is 6.50. The lowest BCUT2D eigenvalue weighted by Crippen LogP contribution is -2.36. The fraction of sp³-hybridized carbons (Fsp3) is 0.438. The lowest BCUT2D eigenvalue weighted by Gasteiger charge is -2.26. The zero-order chi connectivity index (χ0) is 14.2. The summed E-state index contributed by atoms with van der Waals surface area (Å²) in [5, 5.41) is 2.24. The van der Waals surface area contributed by atoms with Gasteiger partial charge in [-0.3, -0.25) is 0 Å². The van der Waals surface area contributed by atoms with Gasteiger partial charge in [0, 0.05) is 30.7 Å². The zero-order valence-electron chi connectivity index (χ0n) is 11.9. The molecule has 0 amide bonds. The van der Waals surface area contributed by atoms with Gasteiger partial charge in [-0.2, -0.15) is 0 Å². The molecule has 4 rings (SSSR count). The van der Waals surface area contributed by atoms with Crippen molar-refractivity contribution in [1.29, 1.82) is 0 Å². The van der Waals surface area contributed by atoms with E-state index in [1.54, 1.807) is 0 Å². The van der Waals surface area contributed by atoms with Gasteiger partial charge in [0.1, 0.15) is 19.0 Å². The summed E-state index contributed by atoms with van der Waals surface area (Å²) in [5.41, 5.74) is 5.90. The summed E-state index contributed by atoms with van der Waals surface area (Å²) in [4.78, 5) is 6.94. The molecule has 21 heavy (non-hydrogen) atoms. The molecule has 1 atom stereocenters. The number of nitrogens with two attached hydrogens (primary N) is 1. The number of pyridine rings is 1. The zero-order valence-corrected chi connectivity index (χ0v) is 11.9. The fourth-order valence-electron chi connectivity index (χ4n) is 3.28. The molecule has 1 fully saturated rings. The van der Waals surface area contributed by atoms with Crippen LogP contribution in [0.2, 0.25) is 0 Å². The van der Waals surface area contributed by atoms with E-state index in [-0.39, 0.29) is 0 Å². The SMILES string of the molecule is NCC1CCCN1c1nccc2cc3c(cc12)OCCO3. The molecule has 1 aromatic heterocycles. The largest absolute Gasteiger partial charge is 0.486 e. The predicted octanol–water partition coefficient (Wildman–Crippen LogP) is 1.93. The summed E-state index contributed by atoms with van der Waals surface area (Å²) >= 11 is 0. The number of aromatic nitrogens is 1. The fourth-order valence-corrected chi connectivity index (χ4v) is 3.28. The molecule has 1 saturated heterocycles. The van der Waals surface area contributed by atoms with E-state index >= 15 is 0 Å². The number of hydrogen-bond acceptors (Lipinski definition) is 5. The molecule has 3 heterocycles. The lowest BCUT2D eigenvalue weighted by molar-refractivity contribution is 0.172. The smallest absolute Gasteiger partial charge is 0.162 e. The second-order valence-electron chi connectivity index (χ2n) is 5.58. The second kappa shape index (κ2) is 5.07. The Morgan fingerprint density at radius 2 is 2.05 bits per heavy atom. The van der Waals surface area contributed by atoms with Crippen molar-refractivity contribution in [2.45, 2.75) is 18.9 Å². The molecule has 0 spiro atoms. The molecule has 0 bridgehead atoms. The van der Waals surface area contributed by atoms with Crippen molar-refractivity contribution in [3.63, 3.8) is 0 Å². The van der Waals surface area contributed by atoms with Gasteiger partial charge < -0.3 is 20.1 Å². The number of nitrogens with zero attached hydrogens (tertiary/aromatic N) is 2. The molecule has 5 heteroatoms. The van der Waals surface area contributed by atoms with Gasteiger partial charge in [-0.15, -0.1) is 0 Å². The van der Waals surface area contributed by atoms with E-state index in [0.29, 0.717) is 25.8 Å². The summed E-state index contributed by atoms with van der Waals surface area (Å²) in [5.74, 6) is 2.65. The minimum absolute atomic E-state index is 0.385. The molecule has 0 saturated carbocycles. The first-order valence-electron chi connectivity index (χ1n) is 7.52. The Balaban J connectivity index is 1.85. The number of anilines is 1. The van der Waals surface area contributed by atoms with Gasteiger partial charge >= 0.3 is 0 Å². The van der Waals surface area contributed by atoms with Crippen molar-refractivity contribution >= 4 is 16.6 Å². The predicted molar refractivity (Wildman–Crippen MR) is 82.2 cm³/mol. The van der Waals surface area contributed by atoms with Gasteiger partial charge in [0.15, 0.2) is 11.5 Å². The number of fused-ring (bicyclic) bond motifs is 2. The van der Waals surface area contributed by atoms with Gasteiger partial charge in [0.05, 0.1) is 0 Å². The van der Waals surface area contributed by atoms with Crippen molar-refractivity contribution in [2.75, 3.05) is 31.2 Å². The van der Waals surface area contributed by atoms with Crippen LogP contribution in [-0.2, 0) is 0 Å². The summed E-state index contributed by atoms with van der Waals surface area (Å²) in [6.45, 7) is 2.89. The van der Waals surface area contributed by atoms with Gasteiger partial charge in [0.2, 0.25) is 0 Å². The highest BCUT2D eigenvalue weighted by molar-refractivity contribution is 5.95. The molecule has 110 valence electrons. The van der Waals surface area contributed by atoms with E-state index < -0.39 is 0 Å². The Labute approximate surface area is 123 Å². The highest BCUT2D eigenvalue weighted by Crippen LogP contribution is 2.38. The van der Waals surface area contributed by atoms with E-state index in [1.165, 1.54) is 6.42 Å². The van der Waals surface area contributed by atoms with Crippen LogP contribution in [-0.4, -0.2) is 37.3 Å². The number of hydrogen-bond donors (Lipinski definition) is 1. The number of ether oxygens (including phenoxy) is 2. The third kappa shape index (κ3) is 2.08. The Morgan fingerprint density at radius 3 is 2.86 bits per heavy atom. The summed E-state index contributed by atoms with van der Waals surface area (Å²) in [7, 11) is 0. The molecule has 0 radical (unpaired) electrons. The maximum atomic E-state index is 5.90. The minimum Gasteiger partial charge on any atom is -0.486 e. The third-order valence-corrected chi connectivity index (χ3v) is 4.33. The van der Waals surface area contributed by atoms with E-state index in [1.807, 2.05) is 18.3 Å². The van der Waals surface area contributed by atoms with Gasteiger partial charge in [-0.25, -0.2) is 4.98 Å². The Bertz CT molecular complexity index is 674. The van der Waals surface area contributed by atoms with E-state index in [2.05, 4.69) is 16.0 Å². The average Bonchev–Trinajstić information content (AvgIpc) is 3.00. The van der Waals surface area contributed by atoms with Crippen molar-refractivity contribution in [2.24, 2.45) is 5.73 Å². The molecule has 0 aliphatic carbocycles. The highest BCUT2D eigenvalue weighted by atomic mass is 16.6. The summed E-state index contributed by atoms with van der Waals surface area (Å²) in [6.07, 6.45) is 4.17. The molecule has 2 aliphatic heterocycles. The first-order valence-corrected chi connectivity index (χ1v) is 7.52. The molecule has 1 aromatic carbocycles. The van der Waals surface area contributed by atoms with Crippen LogP contribution in [0.1, 0.15) is 12.8 Å². The maximum Gasteiger partial charge on any atom is 0.162 e. The van der Waals surface area contributed by atoms with Crippen molar-refractivity contribution < 1.29 is 9.47 Å². The van der Waals surface area contributed by atoms with E-state index in [4.69, 9.17) is 15.2 Å². The van der Waals surface area contributed by atoms with Crippen LogP contribution >= 0.6 is 0 Å². The van der Waals surface area contributed by atoms with Crippen LogP contribution in [0.5, 0.6) is 11.5 Å². The molecule has 2 N–H and O–H groups in total. The third-order valence-electron chi connectivity index (χ3n) is 4.33. The molecular formula is C16H19N3O2. The van der Waals surface area contributed by atoms with Crippen LogP contribution in [0.25, 0.3) is 10.8 Å². The number of benzene rings is 1. The maximum absolute atomic E-state index is 5.90. The van der Waals surface area contributed by atoms with Crippen molar-refractivity contribution in [3.05, 3.63) is 24.4 Å². The standard InChI is InChI=1S/C16H19N3O2/c17-10-12-2-1-5-19(12)16-13-9-15-14(20-6-7-21-15)8-11(13)3-4-18-16/h3-4,8-9,12H,1-2,5-7,10,17H2. The summed E-state index contributed by atoms with van der Waals surface area (Å²) < 4.78 is 11.4. The topological polar surface area (TPSA) is 60.6 Å². The first-order chi connectivity index (χ1) is 10.4. The Morgan fingerprint density at radius 1 is 1.24 bits per heavy atom. The average molecular weight is 285 g/mol. The monoisotopic (exact) mass is 285 g/mol. The molecule has 1 unspecified atom stereocenters. The molecule has 5 nitrogen and oxygen atoms in total. The van der Waals surface area contributed by atoms with Gasteiger partial charge in [-0.05, 0) is 36.4 Å². The lowest BCUT2D eigenvalue weighted by atomic mass is 10.1. The molecule has 2 aliphatic rings. The molecule has 2 aromatic rings. The van der Waals surface area contributed by atoms with Crippen molar-refractivity contribution in [1.82, 2.24) is 4.98 Å². The van der Waals surface area contributed by atoms with Crippen LogP contribution in [0.4, 0.5) is 5.82 Å². The van der Waals surface area contributed by atoms with Crippen molar-refractivity contribution in [3.8, 4) is 11.5 Å². The van der Waals surface area contributed by atoms with Crippen LogP contribution in [0, 0.1) is 0 Å². The van der Waals surface area contributed by atoms with E-state index in [0.717, 1.165) is 41.1 Å². The normalized spacial score (nSPS) is 21.0. The second-order valence-corrected chi connectivity index (χ2v) is 5.58. The van der Waals surface area contributed by atoms with Crippen LogP contribution in [0.3, 0.4) is 0 Å². The molecular weight excluding hydrogens is 266 g/mol. The minimum atomic E-state index is 0.385. The highest BCUT2D eigenvalue weighted by Gasteiger charge is 2.26. The van der Waals surface area contributed by atoms with Gasteiger partial charge in [-0.1, -0.05) is 0 Å². The van der Waals surface area contributed by atoms with Gasteiger partial charge in [0.25, 0.3) is 0 Å². The Hall–Kier alpha value is -2.01. The van der Waals surface area contributed by atoms with Crippen LogP contribution < -0.4 is 20.1 Å². The quantitative estimate of drug-likeness (QED) is 0.913. The van der Waals surface area contributed by atoms with Crippen LogP contribution in [0.15, 0.2) is 24.4 Å². The first kappa shape index (κ1) is 12.7.